The minimum atomic E-state index is -0.911. The SMILES string of the molecule is O=C(O)c1ccc(Sc2cc(Cl)cc(Cl)c2)s1. The fourth-order valence-electron chi connectivity index (χ4n) is 1.19. The molecule has 1 aromatic carbocycles. The second-order valence-electron chi connectivity index (χ2n) is 3.13. The van der Waals surface area contributed by atoms with Gasteiger partial charge in [-0.15, -0.1) is 11.3 Å². The Kier molecular flexibility index (Phi) is 3.99. The van der Waals surface area contributed by atoms with Crippen LogP contribution >= 0.6 is 46.3 Å². The van der Waals surface area contributed by atoms with Crippen LogP contribution in [0.15, 0.2) is 39.4 Å². The third-order valence-electron chi connectivity index (χ3n) is 1.85. The van der Waals surface area contributed by atoms with Crippen molar-refractivity contribution in [1.82, 2.24) is 0 Å². The van der Waals surface area contributed by atoms with Crippen LogP contribution in [0.1, 0.15) is 9.67 Å². The average Bonchev–Trinajstić information content (AvgIpc) is 2.64. The maximum absolute atomic E-state index is 10.7. The highest BCUT2D eigenvalue weighted by atomic mass is 35.5. The number of thiophene rings is 1. The summed E-state index contributed by atoms with van der Waals surface area (Å²) in [6.45, 7) is 0. The molecule has 1 N–H and O–H groups in total. The first-order valence-electron chi connectivity index (χ1n) is 4.51. The van der Waals surface area contributed by atoms with Crippen LogP contribution in [0.25, 0.3) is 0 Å². The van der Waals surface area contributed by atoms with Gasteiger partial charge in [0.05, 0.1) is 4.21 Å². The van der Waals surface area contributed by atoms with Gasteiger partial charge in [-0.1, -0.05) is 35.0 Å². The quantitative estimate of drug-likeness (QED) is 0.876. The highest BCUT2D eigenvalue weighted by molar-refractivity contribution is 8.01. The summed E-state index contributed by atoms with van der Waals surface area (Å²) in [5.74, 6) is -0.911. The van der Waals surface area contributed by atoms with Gasteiger partial charge in [0.2, 0.25) is 0 Å². The molecule has 0 saturated heterocycles. The molecule has 0 saturated carbocycles. The topological polar surface area (TPSA) is 37.3 Å². The summed E-state index contributed by atoms with van der Waals surface area (Å²) in [6, 6.07) is 8.59. The highest BCUT2D eigenvalue weighted by Gasteiger charge is 2.08. The Morgan fingerprint density at radius 3 is 2.35 bits per heavy atom. The van der Waals surface area contributed by atoms with E-state index in [1.807, 2.05) is 0 Å². The van der Waals surface area contributed by atoms with Gasteiger partial charge in [-0.3, -0.25) is 0 Å². The van der Waals surface area contributed by atoms with E-state index in [4.69, 9.17) is 28.3 Å². The van der Waals surface area contributed by atoms with Gasteiger partial charge in [0.15, 0.2) is 0 Å². The van der Waals surface area contributed by atoms with Crippen LogP contribution < -0.4 is 0 Å². The number of carboxylic acid groups (broad SMARTS) is 1. The maximum Gasteiger partial charge on any atom is 0.345 e. The molecule has 0 amide bonds. The zero-order valence-electron chi connectivity index (χ0n) is 8.31. The van der Waals surface area contributed by atoms with Crippen molar-refractivity contribution >= 4 is 52.3 Å². The molecule has 0 aliphatic carbocycles. The summed E-state index contributed by atoms with van der Waals surface area (Å²) in [5, 5.41) is 9.94. The van der Waals surface area contributed by atoms with E-state index in [0.29, 0.717) is 14.9 Å². The molecule has 1 aromatic heterocycles. The first-order chi connectivity index (χ1) is 8.04. The standard InChI is InChI=1S/C11H6Cl2O2S2/c12-6-3-7(13)5-8(4-6)16-10-2-1-9(17-10)11(14)15/h1-5H,(H,14,15). The third-order valence-corrected chi connectivity index (χ3v) is 4.46. The molecule has 0 aliphatic heterocycles. The lowest BCUT2D eigenvalue weighted by Crippen LogP contribution is -1.89. The van der Waals surface area contributed by atoms with Crippen molar-refractivity contribution < 1.29 is 9.90 Å². The molecule has 0 atom stereocenters. The number of rotatable bonds is 3. The van der Waals surface area contributed by atoms with Gasteiger partial charge < -0.3 is 5.11 Å². The first kappa shape index (κ1) is 12.8. The molecule has 2 aromatic rings. The van der Waals surface area contributed by atoms with Crippen molar-refractivity contribution in [3.63, 3.8) is 0 Å². The number of hydrogen-bond donors (Lipinski definition) is 1. The zero-order valence-corrected chi connectivity index (χ0v) is 11.5. The van der Waals surface area contributed by atoms with E-state index in [9.17, 15) is 4.79 Å². The summed E-state index contributed by atoms with van der Waals surface area (Å²) in [6.07, 6.45) is 0. The van der Waals surface area contributed by atoms with Gasteiger partial charge in [-0.2, -0.15) is 0 Å². The lowest BCUT2D eigenvalue weighted by Gasteiger charge is -2.00. The van der Waals surface area contributed by atoms with Gasteiger partial charge in [0, 0.05) is 14.9 Å². The average molecular weight is 305 g/mol. The molecule has 2 nitrogen and oxygen atoms in total. The molecule has 88 valence electrons. The summed E-state index contributed by atoms with van der Waals surface area (Å²) >= 11 is 14.4. The minimum absolute atomic E-state index is 0.320. The van der Waals surface area contributed by atoms with E-state index in [2.05, 4.69) is 0 Å². The first-order valence-corrected chi connectivity index (χ1v) is 6.90. The molecule has 17 heavy (non-hydrogen) atoms. The van der Waals surface area contributed by atoms with Crippen LogP contribution in [-0.2, 0) is 0 Å². The van der Waals surface area contributed by atoms with E-state index < -0.39 is 5.97 Å². The predicted octanol–water partition coefficient (Wildman–Crippen LogP) is 4.90. The number of aromatic carboxylic acids is 1. The van der Waals surface area contributed by atoms with Gasteiger partial charge in [-0.25, -0.2) is 4.79 Å². The molecule has 0 aliphatic rings. The van der Waals surface area contributed by atoms with Gasteiger partial charge in [-0.05, 0) is 30.3 Å². The Morgan fingerprint density at radius 1 is 1.18 bits per heavy atom. The summed E-state index contributed by atoms with van der Waals surface area (Å²) in [5.41, 5.74) is 0. The third kappa shape index (κ3) is 3.39. The van der Waals surface area contributed by atoms with Crippen LogP contribution in [0.4, 0.5) is 0 Å². The number of carbonyl (C=O) groups is 1. The second kappa shape index (κ2) is 5.31. The number of hydrogen-bond acceptors (Lipinski definition) is 3. The smallest absolute Gasteiger partial charge is 0.345 e. The molecule has 0 radical (unpaired) electrons. The van der Waals surface area contributed by atoms with E-state index in [-0.39, 0.29) is 0 Å². The van der Waals surface area contributed by atoms with Crippen LogP contribution in [0.5, 0.6) is 0 Å². The van der Waals surface area contributed by atoms with Crippen LogP contribution in [-0.4, -0.2) is 11.1 Å². The number of carboxylic acids is 1. The Morgan fingerprint density at radius 2 is 1.82 bits per heavy atom. The Labute approximate surface area is 116 Å². The summed E-state index contributed by atoms with van der Waals surface area (Å²) in [4.78, 5) is 11.9. The number of halogens is 2. The second-order valence-corrected chi connectivity index (χ2v) is 6.46. The van der Waals surface area contributed by atoms with E-state index >= 15 is 0 Å². The van der Waals surface area contributed by atoms with Crippen LogP contribution in [0, 0.1) is 0 Å². The van der Waals surface area contributed by atoms with Gasteiger partial charge in [0.25, 0.3) is 0 Å². The molecule has 2 rings (SSSR count). The molecule has 0 bridgehead atoms. The monoisotopic (exact) mass is 304 g/mol. The van der Waals surface area contributed by atoms with Crippen molar-refractivity contribution in [1.29, 1.82) is 0 Å². The normalized spacial score (nSPS) is 10.5. The van der Waals surface area contributed by atoms with Gasteiger partial charge >= 0.3 is 5.97 Å². The molecular weight excluding hydrogens is 299 g/mol. The van der Waals surface area contributed by atoms with Crippen LogP contribution in [0.2, 0.25) is 10.0 Å². The van der Waals surface area contributed by atoms with E-state index in [1.165, 1.54) is 23.1 Å². The van der Waals surface area contributed by atoms with Crippen molar-refractivity contribution in [3.8, 4) is 0 Å². The lowest BCUT2D eigenvalue weighted by atomic mass is 10.4. The van der Waals surface area contributed by atoms with Crippen molar-refractivity contribution in [2.45, 2.75) is 9.10 Å². The molecule has 0 spiro atoms. The van der Waals surface area contributed by atoms with Crippen molar-refractivity contribution in [2.24, 2.45) is 0 Å². The number of benzene rings is 1. The van der Waals surface area contributed by atoms with Gasteiger partial charge in [0.1, 0.15) is 4.88 Å². The molecule has 0 unspecified atom stereocenters. The summed E-state index contributed by atoms with van der Waals surface area (Å²) in [7, 11) is 0. The predicted molar refractivity (Wildman–Crippen MR) is 71.9 cm³/mol. The Bertz CT molecular complexity index is 546. The highest BCUT2D eigenvalue weighted by Crippen LogP contribution is 2.35. The Balaban J connectivity index is 2.22. The fraction of sp³-hybridized carbons (Fsp3) is 0. The Hall–Kier alpha value is -0.680. The maximum atomic E-state index is 10.7. The van der Waals surface area contributed by atoms with E-state index in [1.54, 1.807) is 30.3 Å². The molecule has 1 heterocycles. The fourth-order valence-corrected chi connectivity index (χ4v) is 3.89. The van der Waals surface area contributed by atoms with Crippen molar-refractivity contribution in [3.05, 3.63) is 45.3 Å². The summed E-state index contributed by atoms with van der Waals surface area (Å²) < 4.78 is 0.890. The molecular formula is C11H6Cl2O2S2. The molecule has 0 fully saturated rings. The van der Waals surface area contributed by atoms with Crippen molar-refractivity contribution in [2.75, 3.05) is 0 Å². The molecule has 6 heteroatoms. The minimum Gasteiger partial charge on any atom is -0.477 e. The largest absolute Gasteiger partial charge is 0.477 e. The van der Waals surface area contributed by atoms with E-state index in [0.717, 1.165) is 9.10 Å². The zero-order chi connectivity index (χ0) is 12.4. The lowest BCUT2D eigenvalue weighted by molar-refractivity contribution is 0.0702. The van der Waals surface area contributed by atoms with Crippen LogP contribution in [0.3, 0.4) is 0 Å².